The van der Waals surface area contributed by atoms with E-state index in [1.807, 2.05) is 31.2 Å². The van der Waals surface area contributed by atoms with E-state index in [0.717, 1.165) is 11.1 Å². The first-order valence-corrected chi connectivity index (χ1v) is 6.28. The Balaban J connectivity index is 2.33. The topological polar surface area (TPSA) is 23.5 Å². The van der Waals surface area contributed by atoms with E-state index >= 15 is 0 Å². The van der Waals surface area contributed by atoms with Crippen LogP contribution in [0.2, 0.25) is 0 Å². The molecule has 1 aromatic rings. The van der Waals surface area contributed by atoms with Crippen LogP contribution < -0.4 is 0 Å². The third kappa shape index (κ3) is 6.59. The van der Waals surface area contributed by atoms with Crippen molar-refractivity contribution in [3.63, 3.8) is 0 Å². The van der Waals surface area contributed by atoms with E-state index in [1.54, 1.807) is 11.9 Å². The van der Waals surface area contributed by atoms with Gasteiger partial charge in [0.15, 0.2) is 0 Å². The van der Waals surface area contributed by atoms with Crippen LogP contribution in [0.1, 0.15) is 30.1 Å². The number of benzene rings is 1. The zero-order chi connectivity index (χ0) is 14.5. The number of alkyl halides is 3. The fraction of sp³-hybridized carbons (Fsp3) is 0.571. The molecule has 5 heteroatoms. The molecule has 0 aliphatic carbocycles. The molecule has 1 atom stereocenters. The molecule has 0 amide bonds. The summed E-state index contributed by atoms with van der Waals surface area (Å²) in [5.41, 5.74) is 1.91. The monoisotopic (exact) mass is 275 g/mol. The molecule has 0 saturated carbocycles. The summed E-state index contributed by atoms with van der Waals surface area (Å²) in [6.07, 6.45) is -5.14. The lowest BCUT2D eigenvalue weighted by Crippen LogP contribution is -2.26. The minimum atomic E-state index is -4.12. The van der Waals surface area contributed by atoms with E-state index in [9.17, 15) is 18.3 Å². The Bertz CT molecular complexity index is 375. The van der Waals surface area contributed by atoms with Crippen LogP contribution in [0, 0.1) is 6.92 Å². The van der Waals surface area contributed by atoms with Gasteiger partial charge in [0, 0.05) is 13.1 Å². The van der Waals surface area contributed by atoms with Gasteiger partial charge in [-0.05, 0) is 26.0 Å². The Hall–Kier alpha value is -1.07. The first-order chi connectivity index (χ1) is 8.78. The lowest BCUT2D eigenvalue weighted by Gasteiger charge is -2.19. The van der Waals surface area contributed by atoms with Gasteiger partial charge in [-0.1, -0.05) is 29.8 Å². The Morgan fingerprint density at radius 3 is 2.26 bits per heavy atom. The molecule has 1 rings (SSSR count). The van der Waals surface area contributed by atoms with Crippen molar-refractivity contribution in [2.24, 2.45) is 0 Å². The number of hydrogen-bond donors (Lipinski definition) is 1. The van der Waals surface area contributed by atoms with Crippen LogP contribution in [-0.2, 0) is 0 Å². The minimum absolute atomic E-state index is 0.0376. The molecule has 0 aliphatic rings. The number of nitrogens with zero attached hydrogens (tertiary/aromatic N) is 1. The highest BCUT2D eigenvalue weighted by atomic mass is 19.4. The summed E-state index contributed by atoms with van der Waals surface area (Å²) in [6, 6.07) is 7.50. The molecule has 0 radical (unpaired) electrons. The summed E-state index contributed by atoms with van der Waals surface area (Å²) in [5.74, 6) is 0. The second-order valence-electron chi connectivity index (χ2n) is 4.88. The fourth-order valence-corrected chi connectivity index (χ4v) is 1.73. The Morgan fingerprint density at radius 2 is 1.74 bits per heavy atom. The summed E-state index contributed by atoms with van der Waals surface area (Å²) >= 11 is 0. The van der Waals surface area contributed by atoms with Crippen molar-refractivity contribution >= 4 is 0 Å². The maximum absolute atomic E-state index is 12.0. The molecular weight excluding hydrogens is 255 g/mol. The third-order valence-corrected chi connectivity index (χ3v) is 3.02. The maximum Gasteiger partial charge on any atom is 0.390 e. The van der Waals surface area contributed by atoms with Crippen LogP contribution in [-0.4, -0.2) is 36.3 Å². The number of halogens is 3. The molecule has 1 aromatic carbocycles. The second-order valence-corrected chi connectivity index (χ2v) is 4.88. The molecule has 0 saturated heterocycles. The van der Waals surface area contributed by atoms with Crippen molar-refractivity contribution in [2.75, 3.05) is 20.1 Å². The Morgan fingerprint density at radius 1 is 1.16 bits per heavy atom. The normalized spacial score (nSPS) is 13.8. The van der Waals surface area contributed by atoms with Gasteiger partial charge in [0.2, 0.25) is 0 Å². The summed E-state index contributed by atoms with van der Waals surface area (Å²) in [6.45, 7) is 2.36. The van der Waals surface area contributed by atoms with Gasteiger partial charge in [0.05, 0.1) is 12.5 Å². The number of hydrogen-bond acceptors (Lipinski definition) is 2. The van der Waals surface area contributed by atoms with Gasteiger partial charge in [0.1, 0.15) is 0 Å². The molecule has 0 fully saturated rings. The molecule has 1 unspecified atom stereocenters. The lowest BCUT2D eigenvalue weighted by molar-refractivity contribution is -0.137. The molecule has 0 spiro atoms. The standard InChI is InChI=1S/C14H20F3NO/c1-11-3-5-12(6-4-11)13(19)7-9-18(2)10-8-14(15,16)17/h3-6,13,19H,7-10H2,1-2H3. The van der Waals surface area contributed by atoms with E-state index in [4.69, 9.17) is 0 Å². The SMILES string of the molecule is Cc1ccc(C(O)CCN(C)CCC(F)(F)F)cc1. The molecule has 1 N–H and O–H groups in total. The van der Waals surface area contributed by atoms with Crippen LogP contribution in [0.4, 0.5) is 13.2 Å². The van der Waals surface area contributed by atoms with Crippen molar-refractivity contribution in [2.45, 2.75) is 32.0 Å². The van der Waals surface area contributed by atoms with Crippen molar-refractivity contribution in [3.8, 4) is 0 Å². The van der Waals surface area contributed by atoms with E-state index in [1.165, 1.54) is 0 Å². The highest BCUT2D eigenvalue weighted by Crippen LogP contribution is 2.20. The molecule has 108 valence electrons. The average Bonchev–Trinajstić information content (AvgIpc) is 2.33. The Kier molecular flexibility index (Phi) is 5.82. The molecule has 0 aliphatic heterocycles. The quantitative estimate of drug-likeness (QED) is 0.861. The van der Waals surface area contributed by atoms with Crippen LogP contribution in [0.25, 0.3) is 0 Å². The van der Waals surface area contributed by atoms with Gasteiger partial charge >= 0.3 is 6.18 Å². The largest absolute Gasteiger partial charge is 0.390 e. The van der Waals surface area contributed by atoms with Gasteiger partial charge < -0.3 is 10.0 Å². The molecular formula is C14H20F3NO. The molecule has 0 bridgehead atoms. The first-order valence-electron chi connectivity index (χ1n) is 6.28. The highest BCUT2D eigenvalue weighted by molar-refractivity contribution is 5.22. The van der Waals surface area contributed by atoms with Crippen LogP contribution in [0.15, 0.2) is 24.3 Å². The summed E-state index contributed by atoms with van der Waals surface area (Å²) in [7, 11) is 1.63. The van der Waals surface area contributed by atoms with E-state index < -0.39 is 18.7 Å². The van der Waals surface area contributed by atoms with E-state index in [2.05, 4.69) is 0 Å². The molecule has 19 heavy (non-hydrogen) atoms. The predicted octanol–water partition coefficient (Wildman–Crippen LogP) is 3.30. The fourth-order valence-electron chi connectivity index (χ4n) is 1.73. The summed E-state index contributed by atoms with van der Waals surface area (Å²) in [4.78, 5) is 1.59. The van der Waals surface area contributed by atoms with Crippen molar-refractivity contribution in [1.82, 2.24) is 4.90 Å². The van der Waals surface area contributed by atoms with E-state index in [-0.39, 0.29) is 6.54 Å². The highest BCUT2D eigenvalue weighted by Gasteiger charge is 2.27. The van der Waals surface area contributed by atoms with Gasteiger partial charge in [-0.2, -0.15) is 13.2 Å². The second kappa shape index (κ2) is 6.91. The van der Waals surface area contributed by atoms with Crippen molar-refractivity contribution in [3.05, 3.63) is 35.4 Å². The van der Waals surface area contributed by atoms with Crippen LogP contribution >= 0.6 is 0 Å². The summed E-state index contributed by atoms with van der Waals surface area (Å²) < 4.78 is 36.1. The number of rotatable bonds is 6. The average molecular weight is 275 g/mol. The van der Waals surface area contributed by atoms with Crippen LogP contribution in [0.5, 0.6) is 0 Å². The Labute approximate surface area is 111 Å². The van der Waals surface area contributed by atoms with Gasteiger partial charge in [0.25, 0.3) is 0 Å². The minimum Gasteiger partial charge on any atom is -0.388 e. The van der Waals surface area contributed by atoms with Crippen molar-refractivity contribution < 1.29 is 18.3 Å². The van der Waals surface area contributed by atoms with Crippen LogP contribution in [0.3, 0.4) is 0 Å². The number of aliphatic hydroxyl groups is 1. The zero-order valence-electron chi connectivity index (χ0n) is 11.2. The summed E-state index contributed by atoms with van der Waals surface area (Å²) in [5, 5.41) is 9.94. The molecule has 0 aromatic heterocycles. The first kappa shape index (κ1) is 16.0. The maximum atomic E-state index is 12.0. The predicted molar refractivity (Wildman–Crippen MR) is 68.9 cm³/mol. The van der Waals surface area contributed by atoms with Gasteiger partial charge in [-0.3, -0.25) is 0 Å². The zero-order valence-corrected chi connectivity index (χ0v) is 11.2. The third-order valence-electron chi connectivity index (χ3n) is 3.02. The number of aliphatic hydroxyl groups excluding tert-OH is 1. The smallest absolute Gasteiger partial charge is 0.388 e. The van der Waals surface area contributed by atoms with Gasteiger partial charge in [-0.15, -0.1) is 0 Å². The van der Waals surface area contributed by atoms with Crippen molar-refractivity contribution in [1.29, 1.82) is 0 Å². The van der Waals surface area contributed by atoms with Gasteiger partial charge in [-0.25, -0.2) is 0 Å². The van der Waals surface area contributed by atoms with E-state index in [0.29, 0.717) is 13.0 Å². The number of aryl methyl sites for hydroxylation is 1. The molecule has 2 nitrogen and oxygen atoms in total. The lowest BCUT2D eigenvalue weighted by atomic mass is 10.0. The molecule has 0 heterocycles.